The van der Waals surface area contributed by atoms with E-state index in [-0.39, 0.29) is 17.9 Å². The average Bonchev–Trinajstić information content (AvgIpc) is 3.20. The van der Waals surface area contributed by atoms with Crippen molar-refractivity contribution < 1.29 is 13.9 Å². The Morgan fingerprint density at radius 1 is 1.07 bits per heavy atom. The van der Waals surface area contributed by atoms with Crippen molar-refractivity contribution in [3.63, 3.8) is 0 Å². The van der Waals surface area contributed by atoms with Crippen LogP contribution in [0.5, 0.6) is 5.75 Å². The van der Waals surface area contributed by atoms with E-state index in [4.69, 9.17) is 9.15 Å². The maximum absolute atomic E-state index is 12.8. The van der Waals surface area contributed by atoms with Gasteiger partial charge in [-0.15, -0.1) is 10.2 Å². The summed E-state index contributed by atoms with van der Waals surface area (Å²) in [6.45, 7) is 8.66. The lowest BCUT2D eigenvalue weighted by molar-refractivity contribution is -0.138. The molecule has 6 nitrogen and oxygen atoms in total. The Kier molecular flexibility index (Phi) is 6.55. The number of likely N-dealkylation sites (N-methyl/N-ethyl adjacent to an activating group) is 1. The van der Waals surface area contributed by atoms with E-state index in [0.29, 0.717) is 24.0 Å². The van der Waals surface area contributed by atoms with Crippen LogP contribution in [0.3, 0.4) is 0 Å². The molecule has 0 N–H and O–H groups in total. The minimum atomic E-state index is -0.565. The number of rotatable bonds is 7. The van der Waals surface area contributed by atoms with Crippen molar-refractivity contribution in [3.05, 3.63) is 66.1 Å². The highest BCUT2D eigenvalue weighted by Gasteiger charge is 2.24. The summed E-state index contributed by atoms with van der Waals surface area (Å²) in [6.07, 6.45) is -0.00229. The largest absolute Gasteiger partial charge is 0.481 e. The van der Waals surface area contributed by atoms with E-state index < -0.39 is 6.10 Å². The first-order valence-corrected chi connectivity index (χ1v) is 10.2. The van der Waals surface area contributed by atoms with Gasteiger partial charge in [0.2, 0.25) is 11.8 Å². The molecule has 0 aliphatic rings. The second kappa shape index (κ2) is 9.11. The van der Waals surface area contributed by atoms with Crippen LogP contribution in [0.15, 0.2) is 59.0 Å². The summed E-state index contributed by atoms with van der Waals surface area (Å²) >= 11 is 0. The van der Waals surface area contributed by atoms with Crippen LogP contribution < -0.4 is 4.74 Å². The summed E-state index contributed by atoms with van der Waals surface area (Å²) in [6, 6.07) is 17.4. The fourth-order valence-electron chi connectivity index (χ4n) is 3.05. The smallest absolute Gasteiger partial charge is 0.263 e. The van der Waals surface area contributed by atoms with Crippen molar-refractivity contribution in [2.75, 3.05) is 7.05 Å². The number of aromatic nitrogens is 2. The second-order valence-corrected chi connectivity index (χ2v) is 8.35. The van der Waals surface area contributed by atoms with E-state index in [1.54, 1.807) is 11.9 Å². The molecule has 0 saturated carbocycles. The van der Waals surface area contributed by atoms with E-state index in [1.807, 2.05) is 49.4 Å². The Morgan fingerprint density at radius 2 is 1.73 bits per heavy atom. The van der Waals surface area contributed by atoms with Gasteiger partial charge in [0.25, 0.3) is 5.91 Å². The number of ether oxygens (including phenoxy) is 1. The van der Waals surface area contributed by atoms with E-state index in [0.717, 1.165) is 5.56 Å². The van der Waals surface area contributed by atoms with Crippen LogP contribution in [0.25, 0.3) is 11.5 Å². The molecule has 0 saturated heterocycles. The van der Waals surface area contributed by atoms with Gasteiger partial charge in [0.15, 0.2) is 6.10 Å². The number of benzene rings is 2. The summed E-state index contributed by atoms with van der Waals surface area (Å²) in [5.74, 6) is 1.37. The molecule has 1 amide bonds. The first-order chi connectivity index (χ1) is 14.3. The van der Waals surface area contributed by atoms with Gasteiger partial charge in [0.05, 0.1) is 6.54 Å². The highest BCUT2D eigenvalue weighted by Crippen LogP contribution is 2.25. The van der Waals surface area contributed by atoms with Crippen LogP contribution in [-0.4, -0.2) is 34.2 Å². The molecule has 2 aromatic carbocycles. The number of hydrogen-bond acceptors (Lipinski definition) is 5. The fourth-order valence-corrected chi connectivity index (χ4v) is 3.05. The van der Waals surface area contributed by atoms with E-state index >= 15 is 0 Å². The zero-order valence-corrected chi connectivity index (χ0v) is 18.3. The molecule has 0 spiro atoms. The minimum absolute atomic E-state index is 0.0826. The van der Waals surface area contributed by atoms with Gasteiger partial charge in [0.1, 0.15) is 5.75 Å². The number of carbonyl (C=O) groups excluding carboxylic acids is 1. The molecule has 0 aliphatic heterocycles. The van der Waals surface area contributed by atoms with Gasteiger partial charge in [-0.2, -0.15) is 0 Å². The van der Waals surface area contributed by atoms with Crippen LogP contribution >= 0.6 is 0 Å². The van der Waals surface area contributed by atoms with Crippen LogP contribution in [-0.2, 0) is 16.8 Å². The van der Waals surface area contributed by atoms with E-state index in [9.17, 15) is 4.79 Å². The quantitative estimate of drug-likeness (QED) is 0.560. The maximum Gasteiger partial charge on any atom is 0.263 e. The highest BCUT2D eigenvalue weighted by molar-refractivity contribution is 5.80. The van der Waals surface area contributed by atoms with Crippen molar-refractivity contribution >= 4 is 5.91 Å². The molecule has 0 fully saturated rings. The normalized spacial score (nSPS) is 12.4. The molecule has 158 valence electrons. The second-order valence-electron chi connectivity index (χ2n) is 8.35. The third-order valence-electron chi connectivity index (χ3n) is 4.88. The van der Waals surface area contributed by atoms with Gasteiger partial charge in [-0.25, -0.2) is 0 Å². The zero-order valence-electron chi connectivity index (χ0n) is 18.3. The molecule has 0 aliphatic carbocycles. The summed E-state index contributed by atoms with van der Waals surface area (Å²) in [5.41, 5.74) is 2.18. The highest BCUT2D eigenvalue weighted by atomic mass is 16.5. The Balaban J connectivity index is 1.65. The van der Waals surface area contributed by atoms with Crippen molar-refractivity contribution in [2.24, 2.45) is 0 Å². The lowest BCUT2D eigenvalue weighted by Crippen LogP contribution is -2.39. The molecule has 30 heavy (non-hydrogen) atoms. The molecule has 1 atom stereocenters. The van der Waals surface area contributed by atoms with Crippen LogP contribution in [0.2, 0.25) is 0 Å². The number of nitrogens with zero attached hydrogens (tertiary/aromatic N) is 3. The van der Waals surface area contributed by atoms with Gasteiger partial charge in [-0.3, -0.25) is 4.79 Å². The van der Waals surface area contributed by atoms with Crippen molar-refractivity contribution in [2.45, 2.75) is 52.2 Å². The number of amides is 1. The molecular formula is C24H29N3O3. The van der Waals surface area contributed by atoms with Crippen molar-refractivity contribution in [3.8, 4) is 17.2 Å². The predicted octanol–water partition coefficient (Wildman–Crippen LogP) is 4.85. The summed E-state index contributed by atoms with van der Waals surface area (Å²) in [4.78, 5) is 14.4. The van der Waals surface area contributed by atoms with Gasteiger partial charge in [0, 0.05) is 12.6 Å². The first kappa shape index (κ1) is 21.6. The Hall–Kier alpha value is -3.15. The first-order valence-electron chi connectivity index (χ1n) is 10.2. The lowest BCUT2D eigenvalue weighted by atomic mass is 9.87. The minimum Gasteiger partial charge on any atom is -0.481 e. The number of hydrogen-bond donors (Lipinski definition) is 0. The molecule has 1 heterocycles. The summed E-state index contributed by atoms with van der Waals surface area (Å²) in [7, 11) is 1.71. The molecule has 3 rings (SSSR count). The maximum atomic E-state index is 12.8. The summed E-state index contributed by atoms with van der Waals surface area (Å²) in [5, 5.41) is 8.24. The predicted molar refractivity (Wildman–Crippen MR) is 116 cm³/mol. The lowest BCUT2D eigenvalue weighted by Gasteiger charge is -2.22. The fraction of sp³-hybridized carbons (Fsp3) is 0.375. The van der Waals surface area contributed by atoms with Crippen molar-refractivity contribution in [1.29, 1.82) is 0 Å². The number of para-hydroxylation sites is 1. The van der Waals surface area contributed by atoms with Crippen LogP contribution in [0, 0.1) is 0 Å². The third-order valence-corrected chi connectivity index (χ3v) is 4.88. The van der Waals surface area contributed by atoms with E-state index in [1.165, 1.54) is 5.56 Å². The van der Waals surface area contributed by atoms with Gasteiger partial charge in [-0.05, 0) is 41.7 Å². The summed E-state index contributed by atoms with van der Waals surface area (Å²) < 4.78 is 11.6. The zero-order chi connectivity index (χ0) is 21.7. The molecule has 0 radical (unpaired) electrons. The van der Waals surface area contributed by atoms with Gasteiger partial charge >= 0.3 is 0 Å². The topological polar surface area (TPSA) is 68.5 Å². The Morgan fingerprint density at radius 3 is 2.33 bits per heavy atom. The Bertz CT molecular complexity index is 959. The SMILES string of the molecule is CC[C@@H](Oc1ccccc1)C(=O)N(C)Cc1nnc(-c2ccc(C(C)(C)C)cc2)o1. The molecule has 0 bridgehead atoms. The van der Waals surface area contributed by atoms with Crippen molar-refractivity contribution in [1.82, 2.24) is 15.1 Å². The molecular weight excluding hydrogens is 378 g/mol. The molecule has 3 aromatic rings. The monoisotopic (exact) mass is 407 g/mol. The average molecular weight is 408 g/mol. The standard InChI is InChI=1S/C24H29N3O3/c1-6-20(29-19-10-8-7-9-11-19)23(28)27(5)16-21-25-26-22(30-21)17-12-14-18(15-13-17)24(2,3)4/h7-15,20H,6,16H2,1-5H3/t20-/m1/s1. The molecule has 0 unspecified atom stereocenters. The number of carbonyl (C=O) groups is 1. The Labute approximate surface area is 177 Å². The van der Waals surface area contributed by atoms with E-state index in [2.05, 4.69) is 43.1 Å². The molecule has 6 heteroatoms. The van der Waals surface area contributed by atoms with Gasteiger partial charge < -0.3 is 14.1 Å². The van der Waals surface area contributed by atoms with Gasteiger partial charge in [-0.1, -0.05) is 58.0 Å². The van der Waals surface area contributed by atoms with Crippen LogP contribution in [0.1, 0.15) is 45.6 Å². The molecule has 1 aromatic heterocycles. The third kappa shape index (κ3) is 5.26. The van der Waals surface area contributed by atoms with Crippen LogP contribution in [0.4, 0.5) is 0 Å².